The minimum Gasteiger partial charge on any atom is -0.496 e. The highest BCUT2D eigenvalue weighted by molar-refractivity contribution is 6.32. The molecule has 2 aromatic rings. The van der Waals surface area contributed by atoms with Crippen LogP contribution in [-0.2, 0) is 9.63 Å². The molecule has 0 spiro atoms. The van der Waals surface area contributed by atoms with Gasteiger partial charge in [0, 0.05) is 24.2 Å². The molecule has 2 heterocycles. The average Bonchev–Trinajstić information content (AvgIpc) is 3.12. The monoisotopic (exact) mass is 361 g/mol. The topological polar surface area (TPSA) is 82.0 Å². The predicted octanol–water partition coefficient (Wildman–Crippen LogP) is 2.88. The van der Waals surface area contributed by atoms with Crippen molar-refractivity contribution in [3.63, 3.8) is 0 Å². The van der Waals surface area contributed by atoms with Crippen molar-refractivity contribution < 1.29 is 19.1 Å². The van der Waals surface area contributed by atoms with Crippen LogP contribution < -0.4 is 14.8 Å². The zero-order valence-corrected chi connectivity index (χ0v) is 14.4. The molecule has 0 bridgehead atoms. The van der Waals surface area contributed by atoms with E-state index >= 15 is 0 Å². The van der Waals surface area contributed by atoms with E-state index in [9.17, 15) is 4.79 Å². The number of hydrogen-bond donors (Lipinski definition) is 1. The van der Waals surface area contributed by atoms with Crippen LogP contribution in [-0.4, -0.2) is 36.9 Å². The molecule has 0 saturated carbocycles. The fraction of sp³-hybridized carbons (Fsp3) is 0.235. The number of nitrogens with one attached hydrogen (secondary N) is 1. The first kappa shape index (κ1) is 17.0. The number of aromatic nitrogens is 1. The summed E-state index contributed by atoms with van der Waals surface area (Å²) in [7, 11) is 3.06. The van der Waals surface area contributed by atoms with E-state index in [0.29, 0.717) is 39.9 Å². The molecule has 25 heavy (non-hydrogen) atoms. The van der Waals surface area contributed by atoms with Gasteiger partial charge in [0.1, 0.15) is 11.5 Å². The van der Waals surface area contributed by atoms with E-state index in [1.807, 2.05) is 0 Å². The van der Waals surface area contributed by atoms with E-state index in [0.717, 1.165) is 0 Å². The number of hydrogen-bond acceptors (Lipinski definition) is 6. The summed E-state index contributed by atoms with van der Waals surface area (Å²) in [5.41, 5.74) is 1.83. The molecule has 8 heteroatoms. The number of pyridine rings is 1. The van der Waals surface area contributed by atoms with E-state index in [-0.39, 0.29) is 5.91 Å². The Bertz CT molecular complexity index is 811. The minimum atomic E-state index is -0.735. The molecule has 1 aromatic carbocycles. The van der Waals surface area contributed by atoms with Gasteiger partial charge in [-0.05, 0) is 18.2 Å². The summed E-state index contributed by atoms with van der Waals surface area (Å²) in [6.45, 7) is 0. The van der Waals surface area contributed by atoms with Gasteiger partial charge in [-0.25, -0.2) is 0 Å². The fourth-order valence-corrected chi connectivity index (χ4v) is 2.66. The van der Waals surface area contributed by atoms with Crippen LogP contribution in [0.5, 0.6) is 11.5 Å². The van der Waals surface area contributed by atoms with Crippen molar-refractivity contribution in [1.82, 2.24) is 4.98 Å². The summed E-state index contributed by atoms with van der Waals surface area (Å²) in [6.07, 6.45) is 2.75. The molecule has 1 unspecified atom stereocenters. The van der Waals surface area contributed by atoms with Gasteiger partial charge in [0.05, 0.1) is 36.8 Å². The SMILES string of the molecule is COc1cc(OC)c(C2=NOC(C(=O)Nc3cccnc3)C2)cc1Cl. The maximum absolute atomic E-state index is 12.3. The van der Waals surface area contributed by atoms with Crippen molar-refractivity contribution >= 4 is 28.9 Å². The van der Waals surface area contributed by atoms with Crippen LogP contribution >= 0.6 is 11.6 Å². The van der Waals surface area contributed by atoms with Crippen LogP contribution in [0.25, 0.3) is 0 Å². The molecule has 1 atom stereocenters. The van der Waals surface area contributed by atoms with Crippen LogP contribution in [0, 0.1) is 0 Å². The number of methoxy groups -OCH3 is 2. The summed E-state index contributed by atoms with van der Waals surface area (Å²) >= 11 is 6.18. The third kappa shape index (κ3) is 3.66. The van der Waals surface area contributed by atoms with Gasteiger partial charge in [0.25, 0.3) is 5.91 Å². The molecule has 1 amide bonds. The van der Waals surface area contributed by atoms with E-state index < -0.39 is 6.10 Å². The largest absolute Gasteiger partial charge is 0.496 e. The average molecular weight is 362 g/mol. The molecule has 0 radical (unpaired) electrons. The van der Waals surface area contributed by atoms with Crippen molar-refractivity contribution in [1.29, 1.82) is 0 Å². The Balaban J connectivity index is 1.74. The second kappa shape index (κ2) is 7.40. The van der Waals surface area contributed by atoms with E-state index in [1.165, 1.54) is 14.2 Å². The third-order valence-corrected chi connectivity index (χ3v) is 3.97. The van der Waals surface area contributed by atoms with Gasteiger partial charge in [-0.2, -0.15) is 0 Å². The molecule has 0 fully saturated rings. The summed E-state index contributed by atoms with van der Waals surface area (Å²) in [6, 6.07) is 6.83. The van der Waals surface area contributed by atoms with E-state index in [2.05, 4.69) is 15.5 Å². The lowest BCUT2D eigenvalue weighted by Crippen LogP contribution is -2.28. The molecule has 1 aromatic heterocycles. The van der Waals surface area contributed by atoms with E-state index in [4.69, 9.17) is 25.9 Å². The Labute approximate surface area is 149 Å². The zero-order valence-electron chi connectivity index (χ0n) is 13.7. The number of amides is 1. The Morgan fingerprint density at radius 2 is 2.12 bits per heavy atom. The lowest BCUT2D eigenvalue weighted by molar-refractivity contribution is -0.125. The third-order valence-electron chi connectivity index (χ3n) is 3.68. The molecule has 1 N–H and O–H groups in total. The standard InChI is InChI=1S/C17H16ClN3O4/c1-23-14-8-15(24-2)12(18)6-11(14)13-7-16(25-21-13)17(22)20-10-4-3-5-19-9-10/h3-6,8-9,16H,7H2,1-2H3,(H,20,22). The predicted molar refractivity (Wildman–Crippen MR) is 93.4 cm³/mol. The normalized spacial score (nSPS) is 16.0. The number of carbonyl (C=O) groups excluding carboxylic acids is 1. The van der Waals surface area contributed by atoms with E-state index in [1.54, 1.807) is 36.7 Å². The lowest BCUT2D eigenvalue weighted by Gasteiger charge is -2.12. The van der Waals surface area contributed by atoms with Gasteiger partial charge in [-0.1, -0.05) is 16.8 Å². The molecule has 1 aliphatic rings. The first-order valence-corrected chi connectivity index (χ1v) is 7.85. The Hall–Kier alpha value is -2.80. The summed E-state index contributed by atoms with van der Waals surface area (Å²) < 4.78 is 10.5. The van der Waals surface area contributed by atoms with Crippen molar-refractivity contribution in [2.75, 3.05) is 19.5 Å². The Morgan fingerprint density at radius 1 is 1.32 bits per heavy atom. The summed E-state index contributed by atoms with van der Waals surface area (Å²) in [5.74, 6) is 0.731. The van der Waals surface area contributed by atoms with Gasteiger partial charge in [-0.15, -0.1) is 0 Å². The smallest absolute Gasteiger partial charge is 0.268 e. The summed E-state index contributed by atoms with van der Waals surface area (Å²) in [5, 5.41) is 7.17. The highest BCUT2D eigenvalue weighted by atomic mass is 35.5. The van der Waals surface area contributed by atoms with Gasteiger partial charge in [0.15, 0.2) is 0 Å². The summed E-state index contributed by atoms with van der Waals surface area (Å²) in [4.78, 5) is 21.5. The molecule has 0 aliphatic carbocycles. The maximum Gasteiger partial charge on any atom is 0.268 e. The number of oxime groups is 1. The Kier molecular flexibility index (Phi) is 5.04. The van der Waals surface area contributed by atoms with Crippen molar-refractivity contribution in [2.24, 2.45) is 5.16 Å². The second-order valence-corrected chi connectivity index (χ2v) is 5.66. The van der Waals surface area contributed by atoms with Crippen molar-refractivity contribution in [3.8, 4) is 11.5 Å². The number of rotatable bonds is 5. The van der Waals surface area contributed by atoms with Crippen LogP contribution in [0.4, 0.5) is 5.69 Å². The van der Waals surface area contributed by atoms with Gasteiger partial charge < -0.3 is 19.6 Å². The molecule has 0 saturated heterocycles. The van der Waals surface area contributed by atoms with Gasteiger partial charge >= 0.3 is 0 Å². The quantitative estimate of drug-likeness (QED) is 0.885. The first-order chi connectivity index (χ1) is 12.1. The number of carbonyl (C=O) groups is 1. The lowest BCUT2D eigenvalue weighted by atomic mass is 10.0. The zero-order chi connectivity index (χ0) is 17.8. The van der Waals surface area contributed by atoms with Crippen molar-refractivity contribution in [2.45, 2.75) is 12.5 Å². The molecule has 130 valence electrons. The molecular formula is C17H16ClN3O4. The number of anilines is 1. The maximum atomic E-state index is 12.3. The minimum absolute atomic E-state index is 0.297. The number of nitrogens with zero attached hydrogens (tertiary/aromatic N) is 2. The highest BCUT2D eigenvalue weighted by Gasteiger charge is 2.30. The molecule has 3 rings (SSSR count). The fourth-order valence-electron chi connectivity index (χ4n) is 2.42. The molecule has 1 aliphatic heterocycles. The van der Waals surface area contributed by atoms with Gasteiger partial charge in [0.2, 0.25) is 6.10 Å². The Morgan fingerprint density at radius 3 is 2.80 bits per heavy atom. The van der Waals surface area contributed by atoms with Crippen LogP contribution in [0.15, 0.2) is 41.8 Å². The highest BCUT2D eigenvalue weighted by Crippen LogP contribution is 2.34. The van der Waals surface area contributed by atoms with Crippen LogP contribution in [0.3, 0.4) is 0 Å². The molecular weight excluding hydrogens is 346 g/mol. The first-order valence-electron chi connectivity index (χ1n) is 7.48. The second-order valence-electron chi connectivity index (χ2n) is 5.25. The van der Waals surface area contributed by atoms with Crippen LogP contribution in [0.1, 0.15) is 12.0 Å². The molecule has 7 nitrogen and oxygen atoms in total. The van der Waals surface area contributed by atoms with Gasteiger partial charge in [-0.3, -0.25) is 9.78 Å². The van der Waals surface area contributed by atoms with Crippen LogP contribution in [0.2, 0.25) is 5.02 Å². The number of halogens is 1. The number of benzene rings is 1. The number of ether oxygens (including phenoxy) is 2. The van der Waals surface area contributed by atoms with Crippen molar-refractivity contribution in [3.05, 3.63) is 47.2 Å².